The van der Waals surface area contributed by atoms with E-state index < -0.39 is 5.60 Å². The lowest BCUT2D eigenvalue weighted by molar-refractivity contribution is -0.0674. The van der Waals surface area contributed by atoms with E-state index in [1.54, 1.807) is 0 Å². The van der Waals surface area contributed by atoms with Crippen LogP contribution in [0, 0.1) is 5.92 Å². The molecule has 28 heavy (non-hydrogen) atoms. The average molecular weight is 392 g/mol. The van der Waals surface area contributed by atoms with Gasteiger partial charge < -0.3 is 10.4 Å². The van der Waals surface area contributed by atoms with Crippen LogP contribution in [0.25, 0.3) is 0 Å². The normalized spacial score (nSPS) is 27.5. The zero-order valence-corrected chi connectivity index (χ0v) is 16.8. The van der Waals surface area contributed by atoms with Crippen LogP contribution in [0.3, 0.4) is 0 Å². The van der Waals surface area contributed by atoms with Gasteiger partial charge in [0.25, 0.3) is 0 Å². The van der Waals surface area contributed by atoms with Crippen molar-refractivity contribution in [3.05, 3.63) is 107 Å². The summed E-state index contributed by atoms with van der Waals surface area (Å²) in [6.07, 6.45) is 1.19. The summed E-state index contributed by atoms with van der Waals surface area (Å²) in [5.74, 6) is 0.0335. The predicted molar refractivity (Wildman–Crippen MR) is 115 cm³/mol. The molecular formula is C25H26ClNO. The molecule has 1 fully saturated rings. The lowest BCUT2D eigenvalue weighted by Gasteiger charge is -2.48. The molecule has 1 saturated heterocycles. The van der Waals surface area contributed by atoms with Gasteiger partial charge in [-0.2, -0.15) is 0 Å². The van der Waals surface area contributed by atoms with Gasteiger partial charge in [0.1, 0.15) is 0 Å². The molecule has 0 unspecified atom stereocenters. The zero-order valence-electron chi connectivity index (χ0n) is 16.1. The van der Waals surface area contributed by atoms with Crippen molar-refractivity contribution in [3.8, 4) is 0 Å². The minimum Gasteiger partial charge on any atom is -0.389 e. The molecule has 1 aliphatic heterocycles. The number of aliphatic hydroxyl groups is 1. The molecule has 0 spiro atoms. The number of rotatable bonds is 4. The van der Waals surface area contributed by atoms with Gasteiger partial charge in [-0.3, -0.25) is 0 Å². The van der Waals surface area contributed by atoms with E-state index in [2.05, 4.69) is 60.8 Å². The van der Waals surface area contributed by atoms with Crippen LogP contribution in [0.15, 0.2) is 84.9 Å². The highest BCUT2D eigenvalue weighted by Gasteiger charge is 2.46. The fourth-order valence-corrected chi connectivity index (χ4v) is 4.62. The first-order valence-corrected chi connectivity index (χ1v) is 10.3. The zero-order chi connectivity index (χ0) is 19.6. The van der Waals surface area contributed by atoms with Crippen LogP contribution >= 0.6 is 11.6 Å². The first-order valence-electron chi connectivity index (χ1n) is 9.88. The van der Waals surface area contributed by atoms with Crippen molar-refractivity contribution in [1.29, 1.82) is 0 Å². The molecule has 0 radical (unpaired) electrons. The SMILES string of the molecule is C[C@H]1[C@@H](c2ccccc2)N[C@H](c2ccccc2)C[C@]1(O)Cc1ccccc1Cl. The first-order chi connectivity index (χ1) is 13.6. The van der Waals surface area contributed by atoms with Crippen LogP contribution in [0.1, 0.15) is 42.1 Å². The maximum absolute atomic E-state index is 11.9. The fourth-order valence-electron chi connectivity index (χ4n) is 4.42. The summed E-state index contributed by atoms with van der Waals surface area (Å²) in [6.45, 7) is 2.14. The molecule has 0 saturated carbocycles. The number of hydrogen-bond donors (Lipinski definition) is 2. The highest BCUT2D eigenvalue weighted by molar-refractivity contribution is 6.31. The highest BCUT2D eigenvalue weighted by atomic mass is 35.5. The second kappa shape index (κ2) is 8.08. The Morgan fingerprint density at radius 3 is 2.11 bits per heavy atom. The highest BCUT2D eigenvalue weighted by Crippen LogP contribution is 2.45. The maximum atomic E-state index is 11.9. The quantitative estimate of drug-likeness (QED) is 0.595. The lowest BCUT2D eigenvalue weighted by Crippen LogP contribution is -2.53. The van der Waals surface area contributed by atoms with Crippen molar-refractivity contribution in [3.63, 3.8) is 0 Å². The van der Waals surface area contributed by atoms with Gasteiger partial charge >= 0.3 is 0 Å². The van der Waals surface area contributed by atoms with Crippen molar-refractivity contribution in [1.82, 2.24) is 5.32 Å². The van der Waals surface area contributed by atoms with Crippen molar-refractivity contribution >= 4 is 11.6 Å². The summed E-state index contributed by atoms with van der Waals surface area (Å²) in [6, 6.07) is 28.8. The Morgan fingerprint density at radius 2 is 1.46 bits per heavy atom. The van der Waals surface area contributed by atoms with Gasteiger partial charge in [0.15, 0.2) is 0 Å². The molecule has 3 heteroatoms. The molecule has 2 nitrogen and oxygen atoms in total. The summed E-state index contributed by atoms with van der Waals surface area (Å²) in [5, 5.41) is 16.4. The predicted octanol–water partition coefficient (Wildman–Crippen LogP) is 5.73. The number of piperidine rings is 1. The lowest BCUT2D eigenvalue weighted by atomic mass is 9.69. The van der Waals surface area contributed by atoms with Crippen molar-refractivity contribution in [2.45, 2.75) is 37.5 Å². The molecule has 0 aromatic heterocycles. The third kappa shape index (κ3) is 3.86. The van der Waals surface area contributed by atoms with Gasteiger partial charge in [0, 0.05) is 29.4 Å². The minimum atomic E-state index is -0.864. The number of nitrogens with one attached hydrogen (secondary N) is 1. The van der Waals surface area contributed by atoms with Crippen LogP contribution < -0.4 is 5.32 Å². The van der Waals surface area contributed by atoms with E-state index in [4.69, 9.17) is 11.6 Å². The van der Waals surface area contributed by atoms with Crippen LogP contribution in [0.2, 0.25) is 5.02 Å². The van der Waals surface area contributed by atoms with Gasteiger partial charge in [0.05, 0.1) is 5.60 Å². The average Bonchev–Trinajstić information content (AvgIpc) is 2.73. The molecule has 2 N–H and O–H groups in total. The maximum Gasteiger partial charge on any atom is 0.0750 e. The molecule has 1 heterocycles. The Bertz CT molecular complexity index is 914. The second-order valence-electron chi connectivity index (χ2n) is 7.88. The van der Waals surface area contributed by atoms with Crippen LogP contribution in [0.4, 0.5) is 0 Å². The van der Waals surface area contributed by atoms with E-state index in [-0.39, 0.29) is 18.0 Å². The summed E-state index contributed by atoms with van der Waals surface area (Å²) in [4.78, 5) is 0. The Morgan fingerprint density at radius 1 is 0.893 bits per heavy atom. The van der Waals surface area contributed by atoms with E-state index in [1.165, 1.54) is 11.1 Å². The third-order valence-corrected chi connectivity index (χ3v) is 6.47. The van der Waals surface area contributed by atoms with Gasteiger partial charge in [0.2, 0.25) is 0 Å². The molecule has 0 amide bonds. The topological polar surface area (TPSA) is 32.3 Å². The molecular weight excluding hydrogens is 366 g/mol. The molecule has 4 rings (SSSR count). The second-order valence-corrected chi connectivity index (χ2v) is 8.29. The number of halogens is 1. The van der Waals surface area contributed by atoms with Crippen molar-refractivity contribution < 1.29 is 5.11 Å². The molecule has 3 aromatic rings. The van der Waals surface area contributed by atoms with Gasteiger partial charge in [-0.15, -0.1) is 0 Å². The van der Waals surface area contributed by atoms with Crippen LogP contribution in [-0.4, -0.2) is 10.7 Å². The smallest absolute Gasteiger partial charge is 0.0750 e. The molecule has 4 atom stereocenters. The van der Waals surface area contributed by atoms with Crippen LogP contribution in [0.5, 0.6) is 0 Å². The van der Waals surface area contributed by atoms with Gasteiger partial charge in [-0.05, 0) is 29.2 Å². The molecule has 1 aliphatic rings. The van der Waals surface area contributed by atoms with E-state index >= 15 is 0 Å². The van der Waals surface area contributed by atoms with E-state index in [0.29, 0.717) is 17.9 Å². The summed E-state index contributed by atoms with van der Waals surface area (Å²) >= 11 is 6.43. The van der Waals surface area contributed by atoms with Gasteiger partial charge in [-0.25, -0.2) is 0 Å². The standard InChI is InChI=1S/C25H26ClNO/c1-18-24(20-12-6-3-7-13-20)27-23(19-10-4-2-5-11-19)17-25(18,28)16-21-14-8-9-15-22(21)26/h2-15,18,23-24,27-28H,16-17H2,1H3/t18-,23-,24-,25+/m0/s1. The molecule has 3 aromatic carbocycles. The van der Waals surface area contributed by atoms with Crippen molar-refractivity contribution in [2.24, 2.45) is 5.92 Å². The Labute approximate surface area is 172 Å². The fraction of sp³-hybridized carbons (Fsp3) is 0.280. The summed E-state index contributed by atoms with van der Waals surface area (Å²) in [7, 11) is 0. The Hall–Kier alpha value is -2.13. The molecule has 144 valence electrons. The van der Waals surface area contributed by atoms with Crippen LogP contribution in [-0.2, 0) is 6.42 Å². The van der Waals surface area contributed by atoms with Gasteiger partial charge in [-0.1, -0.05) is 97.4 Å². The van der Waals surface area contributed by atoms with E-state index in [9.17, 15) is 5.11 Å². The van der Waals surface area contributed by atoms with E-state index in [0.717, 1.165) is 5.56 Å². The van der Waals surface area contributed by atoms with Crippen molar-refractivity contribution in [2.75, 3.05) is 0 Å². The number of benzene rings is 3. The summed E-state index contributed by atoms with van der Waals surface area (Å²) < 4.78 is 0. The largest absolute Gasteiger partial charge is 0.389 e. The molecule has 0 bridgehead atoms. The summed E-state index contributed by atoms with van der Waals surface area (Å²) in [5.41, 5.74) is 2.54. The monoisotopic (exact) mass is 391 g/mol. The molecule has 0 aliphatic carbocycles. The third-order valence-electron chi connectivity index (χ3n) is 6.10. The van der Waals surface area contributed by atoms with E-state index in [1.807, 2.05) is 36.4 Å². The first kappa shape index (κ1) is 19.2. The minimum absolute atomic E-state index is 0.0335. The Balaban J connectivity index is 1.72. The Kier molecular flexibility index (Phi) is 5.54. The number of hydrogen-bond acceptors (Lipinski definition) is 2.